The Morgan fingerprint density at radius 3 is 2.50 bits per heavy atom. The zero-order valence-corrected chi connectivity index (χ0v) is 9.02. The predicted octanol–water partition coefficient (Wildman–Crippen LogP) is -0.0166. The zero-order chi connectivity index (χ0) is 13.3. The standard InChI is InChI=1S/C11H8N2O5/c14-8(4-9(15)16)12-5-1-2-6-7(3-5)11(18)13-10(6)17/h1-3H,4H2,(H,12,14)(H,15,16)(H,13,17,18). The molecule has 1 heterocycles. The Kier molecular flexibility index (Phi) is 2.80. The number of aliphatic carboxylic acids is 1. The molecule has 0 atom stereocenters. The molecule has 0 spiro atoms. The van der Waals surface area contributed by atoms with Crippen molar-refractivity contribution in [1.29, 1.82) is 0 Å². The van der Waals surface area contributed by atoms with E-state index < -0.39 is 30.1 Å². The Balaban J connectivity index is 2.20. The molecule has 0 bridgehead atoms. The normalized spacial score (nSPS) is 12.9. The number of imide groups is 1. The summed E-state index contributed by atoms with van der Waals surface area (Å²) in [6.45, 7) is 0. The van der Waals surface area contributed by atoms with Crippen molar-refractivity contribution in [2.75, 3.05) is 5.32 Å². The molecule has 3 N–H and O–H groups in total. The third-order valence-corrected chi connectivity index (χ3v) is 2.33. The van der Waals surface area contributed by atoms with E-state index in [4.69, 9.17) is 5.11 Å². The fraction of sp³-hybridized carbons (Fsp3) is 0.0909. The van der Waals surface area contributed by atoms with Crippen LogP contribution in [-0.2, 0) is 9.59 Å². The second kappa shape index (κ2) is 4.28. The summed E-state index contributed by atoms with van der Waals surface area (Å²) < 4.78 is 0. The minimum absolute atomic E-state index is 0.160. The van der Waals surface area contributed by atoms with Crippen LogP contribution in [0.3, 0.4) is 0 Å². The molecule has 92 valence electrons. The van der Waals surface area contributed by atoms with Crippen LogP contribution < -0.4 is 10.6 Å². The van der Waals surface area contributed by atoms with Gasteiger partial charge in [0.25, 0.3) is 11.8 Å². The molecule has 1 aliphatic rings. The Morgan fingerprint density at radius 2 is 1.83 bits per heavy atom. The van der Waals surface area contributed by atoms with Crippen LogP contribution in [0.4, 0.5) is 5.69 Å². The van der Waals surface area contributed by atoms with Crippen molar-refractivity contribution in [3.63, 3.8) is 0 Å². The van der Waals surface area contributed by atoms with Gasteiger partial charge in [0.1, 0.15) is 6.42 Å². The Morgan fingerprint density at radius 1 is 1.17 bits per heavy atom. The van der Waals surface area contributed by atoms with Crippen molar-refractivity contribution < 1.29 is 24.3 Å². The van der Waals surface area contributed by atoms with Crippen molar-refractivity contribution in [3.05, 3.63) is 29.3 Å². The number of rotatable bonds is 3. The maximum Gasteiger partial charge on any atom is 0.312 e. The number of nitrogens with one attached hydrogen (secondary N) is 2. The lowest BCUT2D eigenvalue weighted by Gasteiger charge is -2.04. The van der Waals surface area contributed by atoms with Crippen LogP contribution >= 0.6 is 0 Å². The summed E-state index contributed by atoms with van der Waals surface area (Å²) in [6.07, 6.45) is -0.664. The lowest BCUT2D eigenvalue weighted by atomic mass is 10.1. The lowest BCUT2D eigenvalue weighted by Crippen LogP contribution is -2.19. The average molecular weight is 248 g/mol. The van der Waals surface area contributed by atoms with Gasteiger partial charge in [0.05, 0.1) is 11.1 Å². The predicted molar refractivity (Wildman–Crippen MR) is 59.1 cm³/mol. The first kappa shape index (κ1) is 11.8. The van der Waals surface area contributed by atoms with E-state index in [1.807, 2.05) is 0 Å². The molecule has 18 heavy (non-hydrogen) atoms. The highest BCUT2D eigenvalue weighted by Gasteiger charge is 2.26. The SMILES string of the molecule is O=C(O)CC(=O)Nc1ccc2c(c1)C(=O)NC2=O. The fourth-order valence-corrected chi connectivity index (χ4v) is 1.59. The summed E-state index contributed by atoms with van der Waals surface area (Å²) in [4.78, 5) is 44.1. The van der Waals surface area contributed by atoms with Gasteiger partial charge in [-0.1, -0.05) is 0 Å². The van der Waals surface area contributed by atoms with Gasteiger partial charge in [-0.05, 0) is 18.2 Å². The summed E-state index contributed by atoms with van der Waals surface area (Å²) in [5.74, 6) is -2.98. The number of fused-ring (bicyclic) bond motifs is 1. The molecular weight excluding hydrogens is 240 g/mol. The van der Waals surface area contributed by atoms with Gasteiger partial charge in [-0.15, -0.1) is 0 Å². The Bertz CT molecular complexity index is 579. The van der Waals surface area contributed by atoms with Gasteiger partial charge in [0.15, 0.2) is 0 Å². The highest BCUT2D eigenvalue weighted by Crippen LogP contribution is 2.20. The van der Waals surface area contributed by atoms with E-state index in [9.17, 15) is 19.2 Å². The summed E-state index contributed by atoms with van der Waals surface area (Å²) in [6, 6.07) is 4.15. The maximum atomic E-state index is 11.4. The fourth-order valence-electron chi connectivity index (χ4n) is 1.59. The van der Waals surface area contributed by atoms with E-state index in [0.29, 0.717) is 0 Å². The number of carboxylic acid groups (broad SMARTS) is 1. The van der Waals surface area contributed by atoms with Gasteiger partial charge < -0.3 is 10.4 Å². The molecule has 3 amide bonds. The monoisotopic (exact) mass is 248 g/mol. The molecule has 2 rings (SSSR count). The van der Waals surface area contributed by atoms with Crippen LogP contribution in [0.15, 0.2) is 18.2 Å². The van der Waals surface area contributed by atoms with Crippen molar-refractivity contribution in [3.8, 4) is 0 Å². The summed E-state index contributed by atoms with van der Waals surface area (Å²) >= 11 is 0. The molecule has 0 aliphatic carbocycles. The van der Waals surface area contributed by atoms with Crippen molar-refractivity contribution >= 4 is 29.4 Å². The first-order valence-electron chi connectivity index (χ1n) is 4.99. The Hall–Kier alpha value is -2.70. The second-order valence-corrected chi connectivity index (χ2v) is 3.66. The van der Waals surface area contributed by atoms with E-state index in [2.05, 4.69) is 10.6 Å². The smallest absolute Gasteiger partial charge is 0.312 e. The number of amides is 3. The minimum Gasteiger partial charge on any atom is -0.481 e. The van der Waals surface area contributed by atoms with Crippen molar-refractivity contribution in [2.45, 2.75) is 6.42 Å². The first-order valence-corrected chi connectivity index (χ1v) is 4.99. The molecule has 0 saturated heterocycles. The molecule has 7 heteroatoms. The first-order chi connectivity index (χ1) is 8.47. The number of carbonyl (C=O) groups excluding carboxylic acids is 3. The number of carbonyl (C=O) groups is 4. The van der Waals surface area contributed by atoms with E-state index in [0.717, 1.165) is 0 Å². The van der Waals surface area contributed by atoms with Crippen LogP contribution in [0.5, 0.6) is 0 Å². The number of benzene rings is 1. The van der Waals surface area contributed by atoms with E-state index in [1.165, 1.54) is 18.2 Å². The molecule has 1 aromatic rings. The highest BCUT2D eigenvalue weighted by molar-refractivity contribution is 6.22. The van der Waals surface area contributed by atoms with E-state index in [1.54, 1.807) is 0 Å². The molecule has 0 radical (unpaired) electrons. The second-order valence-electron chi connectivity index (χ2n) is 3.66. The molecule has 1 aromatic carbocycles. The summed E-state index contributed by atoms with van der Waals surface area (Å²) in [7, 11) is 0. The molecule has 0 saturated carbocycles. The van der Waals surface area contributed by atoms with Crippen molar-refractivity contribution in [2.24, 2.45) is 0 Å². The largest absolute Gasteiger partial charge is 0.481 e. The topological polar surface area (TPSA) is 113 Å². The molecule has 0 aromatic heterocycles. The van der Waals surface area contributed by atoms with Gasteiger partial charge in [-0.3, -0.25) is 24.5 Å². The van der Waals surface area contributed by atoms with Gasteiger partial charge in [0.2, 0.25) is 5.91 Å². The van der Waals surface area contributed by atoms with Crippen LogP contribution in [0, 0.1) is 0 Å². The van der Waals surface area contributed by atoms with Crippen LogP contribution in [0.2, 0.25) is 0 Å². The van der Waals surface area contributed by atoms with Crippen LogP contribution in [0.1, 0.15) is 27.1 Å². The molecule has 0 fully saturated rings. The van der Waals surface area contributed by atoms with E-state index in [-0.39, 0.29) is 16.8 Å². The highest BCUT2D eigenvalue weighted by atomic mass is 16.4. The minimum atomic E-state index is -1.25. The van der Waals surface area contributed by atoms with Gasteiger partial charge in [0, 0.05) is 5.69 Å². The summed E-state index contributed by atoms with van der Waals surface area (Å²) in [5, 5.41) is 12.9. The molecule has 7 nitrogen and oxygen atoms in total. The number of carboxylic acids is 1. The van der Waals surface area contributed by atoms with E-state index >= 15 is 0 Å². The van der Waals surface area contributed by atoms with Gasteiger partial charge >= 0.3 is 5.97 Å². The quantitative estimate of drug-likeness (QED) is 0.514. The van der Waals surface area contributed by atoms with Gasteiger partial charge in [-0.25, -0.2) is 0 Å². The van der Waals surface area contributed by atoms with Crippen molar-refractivity contribution in [1.82, 2.24) is 5.32 Å². The van der Waals surface area contributed by atoms with Crippen LogP contribution in [0.25, 0.3) is 0 Å². The Labute approximate surface area is 101 Å². The maximum absolute atomic E-state index is 11.4. The number of hydrogen-bond donors (Lipinski definition) is 3. The number of hydrogen-bond acceptors (Lipinski definition) is 4. The average Bonchev–Trinajstić information content (AvgIpc) is 2.53. The molecular formula is C11H8N2O5. The van der Waals surface area contributed by atoms with Gasteiger partial charge in [-0.2, -0.15) is 0 Å². The molecule has 0 unspecified atom stereocenters. The molecule has 1 aliphatic heterocycles. The van der Waals surface area contributed by atoms with Crippen LogP contribution in [-0.4, -0.2) is 28.8 Å². The third-order valence-electron chi connectivity index (χ3n) is 2.33. The number of anilines is 1. The third kappa shape index (κ3) is 2.19. The lowest BCUT2D eigenvalue weighted by molar-refractivity contribution is -0.139. The zero-order valence-electron chi connectivity index (χ0n) is 9.02. The summed E-state index contributed by atoms with van der Waals surface area (Å²) in [5.41, 5.74) is 0.661.